The van der Waals surface area contributed by atoms with Crippen molar-refractivity contribution in [1.29, 1.82) is 0 Å². The molecule has 0 aliphatic carbocycles. The minimum absolute atomic E-state index is 0.0244. The van der Waals surface area contributed by atoms with Crippen LogP contribution in [-0.4, -0.2) is 48.5 Å². The fourth-order valence-electron chi connectivity index (χ4n) is 3.52. The fraction of sp³-hybridized carbons (Fsp3) is 0.588. The monoisotopic (exact) mass is 336 g/mol. The van der Waals surface area contributed by atoms with Gasteiger partial charge in [0, 0.05) is 37.7 Å². The van der Waals surface area contributed by atoms with Gasteiger partial charge in [0.1, 0.15) is 0 Å². The first-order valence-electron chi connectivity index (χ1n) is 8.44. The first-order chi connectivity index (χ1) is 11.1. The number of benzene rings is 1. The Morgan fingerprint density at radius 1 is 1.00 bits per heavy atom. The summed E-state index contributed by atoms with van der Waals surface area (Å²) in [6.45, 7) is 1.75. The Morgan fingerprint density at radius 2 is 1.70 bits per heavy atom. The first kappa shape index (κ1) is 16.6. The van der Waals surface area contributed by atoms with Crippen molar-refractivity contribution in [1.82, 2.24) is 8.61 Å². The predicted molar refractivity (Wildman–Crippen MR) is 89.5 cm³/mol. The lowest BCUT2D eigenvalue weighted by Crippen LogP contribution is -2.48. The molecular formula is C17H24N2O3S. The summed E-state index contributed by atoms with van der Waals surface area (Å²) in [6.07, 6.45) is 4.84. The van der Waals surface area contributed by atoms with Gasteiger partial charge in [0.05, 0.1) is 0 Å². The van der Waals surface area contributed by atoms with E-state index in [2.05, 4.69) is 0 Å². The van der Waals surface area contributed by atoms with Crippen LogP contribution in [0.1, 0.15) is 48.9 Å². The van der Waals surface area contributed by atoms with Gasteiger partial charge in [-0.2, -0.15) is 17.0 Å². The maximum Gasteiger partial charge on any atom is 0.282 e. The standard InChI is InChI=1S/C17H24N2O3S/c20-17(15-8-3-1-4-9-15)14-16-10-7-13-19(16)23(21,22)18-11-5-2-6-12-18/h1,3-4,8-9,16H,2,5-7,10-14H2/t16-/m0/s1. The van der Waals surface area contributed by atoms with Gasteiger partial charge < -0.3 is 0 Å². The molecule has 0 saturated carbocycles. The maximum absolute atomic E-state index is 12.9. The van der Waals surface area contributed by atoms with E-state index in [0.717, 1.165) is 32.1 Å². The van der Waals surface area contributed by atoms with Crippen LogP contribution in [0.15, 0.2) is 30.3 Å². The van der Waals surface area contributed by atoms with Gasteiger partial charge in [-0.25, -0.2) is 0 Å². The topological polar surface area (TPSA) is 57.7 Å². The molecule has 0 radical (unpaired) electrons. The van der Waals surface area contributed by atoms with Crippen molar-refractivity contribution in [3.63, 3.8) is 0 Å². The third kappa shape index (κ3) is 3.65. The van der Waals surface area contributed by atoms with E-state index in [1.54, 1.807) is 20.7 Å². The Hall–Kier alpha value is -1.24. The summed E-state index contributed by atoms with van der Waals surface area (Å²) >= 11 is 0. The molecule has 2 fully saturated rings. The van der Waals surface area contributed by atoms with Gasteiger partial charge in [-0.05, 0) is 25.7 Å². The van der Waals surface area contributed by atoms with Crippen LogP contribution in [0.4, 0.5) is 0 Å². The average molecular weight is 336 g/mol. The summed E-state index contributed by atoms with van der Waals surface area (Å²) in [5, 5.41) is 0. The molecule has 0 bridgehead atoms. The van der Waals surface area contributed by atoms with Crippen molar-refractivity contribution in [2.24, 2.45) is 0 Å². The molecule has 2 aliphatic rings. The van der Waals surface area contributed by atoms with E-state index in [0.29, 0.717) is 25.2 Å². The summed E-state index contributed by atoms with van der Waals surface area (Å²) in [5.74, 6) is 0.0244. The smallest absolute Gasteiger partial charge is 0.282 e. The molecule has 0 unspecified atom stereocenters. The molecular weight excluding hydrogens is 312 g/mol. The van der Waals surface area contributed by atoms with Crippen LogP contribution in [-0.2, 0) is 10.2 Å². The number of Topliss-reactive ketones (excluding diaryl/α,β-unsaturated/α-hetero) is 1. The zero-order valence-corrected chi connectivity index (χ0v) is 14.2. The number of hydrogen-bond acceptors (Lipinski definition) is 3. The zero-order valence-electron chi connectivity index (χ0n) is 13.4. The van der Waals surface area contributed by atoms with Crippen molar-refractivity contribution in [3.8, 4) is 0 Å². The predicted octanol–water partition coefficient (Wildman–Crippen LogP) is 2.45. The largest absolute Gasteiger partial charge is 0.294 e. The van der Waals surface area contributed by atoms with Crippen LogP contribution in [0.3, 0.4) is 0 Å². The quantitative estimate of drug-likeness (QED) is 0.776. The molecule has 2 heterocycles. The lowest BCUT2D eigenvalue weighted by atomic mass is 10.0. The summed E-state index contributed by atoms with van der Waals surface area (Å²) in [4.78, 5) is 12.4. The molecule has 23 heavy (non-hydrogen) atoms. The highest BCUT2D eigenvalue weighted by molar-refractivity contribution is 7.86. The highest BCUT2D eigenvalue weighted by Gasteiger charge is 2.39. The van der Waals surface area contributed by atoms with Gasteiger partial charge in [0.2, 0.25) is 0 Å². The van der Waals surface area contributed by atoms with E-state index in [1.807, 2.05) is 18.2 Å². The number of carbonyl (C=O) groups excluding carboxylic acids is 1. The molecule has 3 rings (SSSR count). The van der Waals surface area contributed by atoms with Crippen LogP contribution >= 0.6 is 0 Å². The summed E-state index contributed by atoms with van der Waals surface area (Å²) in [7, 11) is -3.42. The molecule has 1 aromatic carbocycles. The maximum atomic E-state index is 12.9. The molecule has 2 saturated heterocycles. The lowest BCUT2D eigenvalue weighted by Gasteiger charge is -2.32. The highest BCUT2D eigenvalue weighted by Crippen LogP contribution is 2.28. The van der Waals surface area contributed by atoms with Crippen molar-refractivity contribution >= 4 is 16.0 Å². The minimum atomic E-state index is -3.42. The van der Waals surface area contributed by atoms with E-state index in [1.165, 1.54) is 0 Å². The van der Waals surface area contributed by atoms with E-state index in [-0.39, 0.29) is 18.2 Å². The molecule has 1 atom stereocenters. The molecule has 0 spiro atoms. The van der Waals surface area contributed by atoms with Crippen LogP contribution in [0.5, 0.6) is 0 Å². The number of rotatable bonds is 5. The second kappa shape index (κ2) is 7.11. The third-order valence-corrected chi connectivity index (χ3v) is 6.87. The Bertz CT molecular complexity index is 639. The van der Waals surface area contributed by atoms with Crippen molar-refractivity contribution < 1.29 is 13.2 Å². The van der Waals surface area contributed by atoms with Crippen LogP contribution < -0.4 is 0 Å². The Labute approximate surface area is 138 Å². The SMILES string of the molecule is O=C(C[C@@H]1CCCN1S(=O)(=O)N1CCCCC1)c1ccccc1. The second-order valence-corrected chi connectivity index (χ2v) is 8.25. The van der Waals surface area contributed by atoms with Crippen molar-refractivity contribution in [2.75, 3.05) is 19.6 Å². The number of hydrogen-bond donors (Lipinski definition) is 0. The van der Waals surface area contributed by atoms with Gasteiger partial charge >= 0.3 is 0 Å². The van der Waals surface area contributed by atoms with Crippen LogP contribution in [0.2, 0.25) is 0 Å². The molecule has 0 amide bonds. The fourth-order valence-corrected chi connectivity index (χ4v) is 5.45. The zero-order chi connectivity index (χ0) is 16.3. The highest BCUT2D eigenvalue weighted by atomic mass is 32.2. The Kier molecular flexibility index (Phi) is 5.14. The van der Waals surface area contributed by atoms with Crippen LogP contribution in [0, 0.1) is 0 Å². The molecule has 0 aromatic heterocycles. The van der Waals surface area contributed by atoms with Gasteiger partial charge in [0.15, 0.2) is 5.78 Å². The number of piperidine rings is 1. The van der Waals surface area contributed by atoms with Gasteiger partial charge in [-0.15, -0.1) is 0 Å². The summed E-state index contributed by atoms with van der Waals surface area (Å²) in [6, 6.07) is 8.93. The van der Waals surface area contributed by atoms with Crippen molar-refractivity contribution in [3.05, 3.63) is 35.9 Å². The molecule has 126 valence electrons. The van der Waals surface area contributed by atoms with E-state index in [9.17, 15) is 13.2 Å². The number of nitrogens with zero attached hydrogens (tertiary/aromatic N) is 2. The molecule has 1 aromatic rings. The van der Waals surface area contributed by atoms with E-state index in [4.69, 9.17) is 0 Å². The number of carbonyl (C=O) groups is 1. The molecule has 0 N–H and O–H groups in total. The van der Waals surface area contributed by atoms with Gasteiger partial charge in [-0.3, -0.25) is 4.79 Å². The minimum Gasteiger partial charge on any atom is -0.294 e. The summed E-state index contributed by atoms with van der Waals surface area (Å²) in [5.41, 5.74) is 0.662. The normalized spacial score (nSPS) is 23.9. The first-order valence-corrected chi connectivity index (χ1v) is 9.84. The van der Waals surface area contributed by atoms with E-state index >= 15 is 0 Å². The third-order valence-electron chi connectivity index (χ3n) is 4.78. The Morgan fingerprint density at radius 3 is 2.39 bits per heavy atom. The average Bonchev–Trinajstić information content (AvgIpc) is 3.05. The Balaban J connectivity index is 1.71. The second-order valence-electron chi connectivity index (χ2n) is 6.37. The number of ketones is 1. The van der Waals surface area contributed by atoms with Gasteiger partial charge in [-0.1, -0.05) is 36.8 Å². The molecule has 2 aliphatic heterocycles. The summed E-state index contributed by atoms with van der Waals surface area (Å²) < 4.78 is 28.9. The van der Waals surface area contributed by atoms with Crippen LogP contribution in [0.25, 0.3) is 0 Å². The van der Waals surface area contributed by atoms with Gasteiger partial charge in [0.25, 0.3) is 10.2 Å². The van der Waals surface area contributed by atoms with Crippen molar-refractivity contribution in [2.45, 2.75) is 44.6 Å². The van der Waals surface area contributed by atoms with E-state index < -0.39 is 10.2 Å². The molecule has 6 heteroatoms. The molecule has 5 nitrogen and oxygen atoms in total. The lowest BCUT2D eigenvalue weighted by molar-refractivity contribution is 0.0960.